The van der Waals surface area contributed by atoms with Gasteiger partial charge in [0, 0.05) is 19.1 Å². The first-order valence-electron chi connectivity index (χ1n) is 4.88. The molecule has 1 aromatic rings. The number of hydrogen-bond acceptors (Lipinski definition) is 3. The monoisotopic (exact) mass is 229 g/mol. The maximum atomic E-state index is 13.4. The van der Waals surface area contributed by atoms with Crippen molar-refractivity contribution in [3.05, 3.63) is 17.9 Å². The third kappa shape index (κ3) is 3.76. The van der Waals surface area contributed by atoms with E-state index < -0.39 is 11.7 Å². The SMILES string of the molecule is CC.COc1cc(O)cc(NC(C)=O)c1F. The van der Waals surface area contributed by atoms with E-state index in [1.807, 2.05) is 13.8 Å². The topological polar surface area (TPSA) is 58.6 Å². The van der Waals surface area contributed by atoms with Crippen molar-refractivity contribution in [1.82, 2.24) is 0 Å². The van der Waals surface area contributed by atoms with Crippen molar-refractivity contribution >= 4 is 11.6 Å². The average Bonchev–Trinajstić information content (AvgIpc) is 2.25. The van der Waals surface area contributed by atoms with Crippen LogP contribution < -0.4 is 10.1 Å². The van der Waals surface area contributed by atoms with Gasteiger partial charge in [-0.25, -0.2) is 4.39 Å². The summed E-state index contributed by atoms with van der Waals surface area (Å²) in [5.41, 5.74) is -0.102. The molecule has 1 rings (SSSR count). The standard InChI is InChI=1S/C9H10FNO3.C2H6/c1-5(12)11-7-3-6(13)4-8(14-2)9(7)10;1-2/h3-4,13H,1-2H3,(H,11,12);1-2H3. The van der Waals surface area contributed by atoms with Crippen LogP contribution in [-0.2, 0) is 4.79 Å². The maximum absolute atomic E-state index is 13.4. The number of halogens is 1. The fourth-order valence-electron chi connectivity index (χ4n) is 1.01. The van der Waals surface area contributed by atoms with Gasteiger partial charge in [0.25, 0.3) is 0 Å². The Labute approximate surface area is 94.0 Å². The Morgan fingerprint density at radius 1 is 1.44 bits per heavy atom. The number of benzene rings is 1. The molecular weight excluding hydrogens is 213 g/mol. The molecule has 1 amide bonds. The van der Waals surface area contributed by atoms with Crippen LogP contribution in [0.3, 0.4) is 0 Å². The molecule has 5 heteroatoms. The molecule has 0 saturated heterocycles. The van der Waals surface area contributed by atoms with Crippen LogP contribution in [0.5, 0.6) is 11.5 Å². The van der Waals surface area contributed by atoms with Crippen molar-refractivity contribution in [2.75, 3.05) is 12.4 Å². The number of phenolic OH excluding ortho intramolecular Hbond substituents is 1. The van der Waals surface area contributed by atoms with Crippen molar-refractivity contribution in [3.63, 3.8) is 0 Å². The molecule has 0 aliphatic heterocycles. The Hall–Kier alpha value is -1.78. The number of nitrogens with one attached hydrogen (secondary N) is 1. The lowest BCUT2D eigenvalue weighted by Gasteiger charge is -2.08. The molecule has 0 atom stereocenters. The van der Waals surface area contributed by atoms with E-state index in [2.05, 4.69) is 10.1 Å². The maximum Gasteiger partial charge on any atom is 0.221 e. The molecule has 0 aliphatic rings. The molecule has 2 N–H and O–H groups in total. The molecular formula is C11H16FNO3. The van der Waals surface area contributed by atoms with Gasteiger partial charge in [-0.1, -0.05) is 13.8 Å². The number of phenols is 1. The lowest BCUT2D eigenvalue weighted by Crippen LogP contribution is -2.08. The Balaban J connectivity index is 0.00000106. The molecule has 0 saturated carbocycles. The smallest absolute Gasteiger partial charge is 0.221 e. The summed E-state index contributed by atoms with van der Waals surface area (Å²) < 4.78 is 18.0. The fourth-order valence-corrected chi connectivity index (χ4v) is 1.01. The molecule has 0 bridgehead atoms. The van der Waals surface area contributed by atoms with Gasteiger partial charge in [-0.15, -0.1) is 0 Å². The highest BCUT2D eigenvalue weighted by Gasteiger charge is 2.11. The van der Waals surface area contributed by atoms with Crippen LogP contribution in [0.15, 0.2) is 12.1 Å². The predicted octanol–water partition coefficient (Wildman–Crippen LogP) is 2.52. The fraction of sp³-hybridized carbons (Fsp3) is 0.364. The van der Waals surface area contributed by atoms with E-state index in [0.29, 0.717) is 0 Å². The van der Waals surface area contributed by atoms with E-state index in [9.17, 15) is 9.18 Å². The highest BCUT2D eigenvalue weighted by atomic mass is 19.1. The molecule has 0 aliphatic carbocycles. The van der Waals surface area contributed by atoms with E-state index in [0.717, 1.165) is 12.1 Å². The molecule has 0 heterocycles. The number of aromatic hydroxyl groups is 1. The van der Waals surface area contributed by atoms with Crippen LogP contribution in [0.4, 0.5) is 10.1 Å². The number of methoxy groups -OCH3 is 1. The van der Waals surface area contributed by atoms with E-state index in [1.54, 1.807) is 0 Å². The number of carbonyl (C=O) groups is 1. The Kier molecular flexibility index (Phi) is 5.92. The van der Waals surface area contributed by atoms with Crippen LogP contribution in [0.25, 0.3) is 0 Å². The summed E-state index contributed by atoms with van der Waals surface area (Å²) in [6, 6.07) is 2.24. The number of ether oxygens (including phenoxy) is 1. The molecule has 90 valence electrons. The quantitative estimate of drug-likeness (QED) is 0.819. The van der Waals surface area contributed by atoms with E-state index in [-0.39, 0.29) is 17.2 Å². The minimum absolute atomic E-state index is 0.102. The first-order valence-corrected chi connectivity index (χ1v) is 4.88. The van der Waals surface area contributed by atoms with E-state index in [1.165, 1.54) is 14.0 Å². The molecule has 16 heavy (non-hydrogen) atoms. The van der Waals surface area contributed by atoms with E-state index in [4.69, 9.17) is 5.11 Å². The average molecular weight is 229 g/mol. The van der Waals surface area contributed by atoms with Crippen LogP contribution >= 0.6 is 0 Å². The van der Waals surface area contributed by atoms with Crippen LogP contribution in [-0.4, -0.2) is 18.1 Å². The highest BCUT2D eigenvalue weighted by molar-refractivity contribution is 5.89. The van der Waals surface area contributed by atoms with Gasteiger partial charge in [0.15, 0.2) is 11.6 Å². The summed E-state index contributed by atoms with van der Waals surface area (Å²) in [4.78, 5) is 10.7. The van der Waals surface area contributed by atoms with Crippen molar-refractivity contribution < 1.29 is 19.0 Å². The summed E-state index contributed by atoms with van der Waals surface area (Å²) in [7, 11) is 1.27. The molecule has 4 nitrogen and oxygen atoms in total. The molecule has 0 spiro atoms. The first-order chi connectivity index (χ1) is 7.54. The second-order valence-corrected chi connectivity index (χ2v) is 2.69. The van der Waals surface area contributed by atoms with Crippen molar-refractivity contribution in [2.24, 2.45) is 0 Å². The summed E-state index contributed by atoms with van der Waals surface area (Å²) in [5, 5.41) is 11.4. The summed E-state index contributed by atoms with van der Waals surface area (Å²) >= 11 is 0. The lowest BCUT2D eigenvalue weighted by atomic mass is 10.2. The predicted molar refractivity (Wildman–Crippen MR) is 60.3 cm³/mol. The second kappa shape index (κ2) is 6.66. The Morgan fingerprint density at radius 2 is 2.00 bits per heavy atom. The second-order valence-electron chi connectivity index (χ2n) is 2.69. The molecule has 0 fully saturated rings. The number of amides is 1. The van der Waals surface area contributed by atoms with Gasteiger partial charge in [-0.2, -0.15) is 0 Å². The normalized spacial score (nSPS) is 8.81. The van der Waals surface area contributed by atoms with E-state index >= 15 is 0 Å². The number of rotatable bonds is 2. The van der Waals surface area contributed by atoms with Gasteiger partial charge >= 0.3 is 0 Å². The first kappa shape index (κ1) is 14.2. The molecule has 0 aromatic heterocycles. The highest BCUT2D eigenvalue weighted by Crippen LogP contribution is 2.29. The minimum atomic E-state index is -0.708. The van der Waals surface area contributed by atoms with Crippen molar-refractivity contribution in [3.8, 4) is 11.5 Å². The van der Waals surface area contributed by atoms with Gasteiger partial charge < -0.3 is 15.2 Å². The number of carbonyl (C=O) groups excluding carboxylic acids is 1. The molecule has 0 unspecified atom stereocenters. The zero-order chi connectivity index (χ0) is 12.7. The zero-order valence-corrected chi connectivity index (χ0v) is 9.80. The number of hydrogen-bond donors (Lipinski definition) is 2. The van der Waals surface area contributed by atoms with Crippen molar-refractivity contribution in [2.45, 2.75) is 20.8 Å². The summed E-state index contributed by atoms with van der Waals surface area (Å²) in [5.74, 6) is -1.42. The van der Waals surface area contributed by atoms with Crippen LogP contribution in [0, 0.1) is 5.82 Å². The summed E-state index contributed by atoms with van der Waals surface area (Å²) in [6.45, 7) is 5.25. The third-order valence-electron chi connectivity index (χ3n) is 1.55. The molecule has 0 radical (unpaired) electrons. The summed E-state index contributed by atoms with van der Waals surface area (Å²) in [6.07, 6.45) is 0. The zero-order valence-electron chi connectivity index (χ0n) is 9.80. The van der Waals surface area contributed by atoms with Crippen molar-refractivity contribution in [1.29, 1.82) is 0 Å². The van der Waals surface area contributed by atoms with Crippen LogP contribution in [0.2, 0.25) is 0 Å². The largest absolute Gasteiger partial charge is 0.508 e. The van der Waals surface area contributed by atoms with Gasteiger partial charge in [0.1, 0.15) is 5.75 Å². The lowest BCUT2D eigenvalue weighted by molar-refractivity contribution is -0.114. The van der Waals surface area contributed by atoms with Gasteiger partial charge in [-0.05, 0) is 0 Å². The van der Waals surface area contributed by atoms with Crippen LogP contribution in [0.1, 0.15) is 20.8 Å². The Morgan fingerprint density at radius 3 is 2.44 bits per heavy atom. The Bertz CT molecular complexity index is 366. The van der Waals surface area contributed by atoms with Gasteiger partial charge in [-0.3, -0.25) is 4.79 Å². The van der Waals surface area contributed by atoms with Gasteiger partial charge in [0.05, 0.1) is 12.8 Å². The number of anilines is 1. The van der Waals surface area contributed by atoms with Gasteiger partial charge in [0.2, 0.25) is 5.91 Å². The molecule has 1 aromatic carbocycles. The third-order valence-corrected chi connectivity index (χ3v) is 1.55. The minimum Gasteiger partial charge on any atom is -0.508 e.